The highest BCUT2D eigenvalue weighted by atomic mass is 32.1. The largest absolute Gasteiger partial charge is 0.496 e. The maximum atomic E-state index is 13.4. The summed E-state index contributed by atoms with van der Waals surface area (Å²) in [6, 6.07) is 8.01. The molecular weight excluding hydrogens is 570 g/mol. The third-order valence-corrected chi connectivity index (χ3v) is 7.18. The van der Waals surface area contributed by atoms with E-state index in [0.717, 1.165) is 11.3 Å². The minimum atomic E-state index is -0.937. The normalized spacial score (nSPS) is 14.4. The number of hydrogen-bond acceptors (Lipinski definition) is 14. The lowest BCUT2D eigenvalue weighted by atomic mass is 10.0. The Morgan fingerprint density at radius 1 is 1.19 bits per heavy atom. The van der Waals surface area contributed by atoms with Crippen LogP contribution in [0.15, 0.2) is 45.7 Å². The van der Waals surface area contributed by atoms with Crippen molar-refractivity contribution in [1.82, 2.24) is 24.9 Å². The Labute approximate surface area is 243 Å². The number of anilines is 2. The summed E-state index contributed by atoms with van der Waals surface area (Å²) < 4.78 is 29.4. The summed E-state index contributed by atoms with van der Waals surface area (Å²) in [6.45, 7) is 2.38. The summed E-state index contributed by atoms with van der Waals surface area (Å²) in [5.74, 6) is -0.257. The Morgan fingerprint density at radius 2 is 1.93 bits per heavy atom. The molecule has 15 nitrogen and oxygen atoms in total. The quantitative estimate of drug-likeness (QED) is 0.224. The number of aromatic nitrogens is 4. The lowest BCUT2D eigenvalue weighted by molar-refractivity contribution is 0.00780. The van der Waals surface area contributed by atoms with Gasteiger partial charge in [-0.2, -0.15) is 9.78 Å². The van der Waals surface area contributed by atoms with Gasteiger partial charge in [-0.15, -0.1) is 10.2 Å². The number of morpholine rings is 1. The molecule has 0 aliphatic carbocycles. The van der Waals surface area contributed by atoms with Crippen molar-refractivity contribution in [2.75, 3.05) is 64.7 Å². The molecule has 1 saturated heterocycles. The second-order valence-corrected chi connectivity index (χ2v) is 9.98. The molecule has 42 heavy (non-hydrogen) atoms. The van der Waals surface area contributed by atoms with Crippen LogP contribution in [0.2, 0.25) is 0 Å². The van der Waals surface area contributed by atoms with E-state index in [2.05, 4.69) is 25.5 Å². The molecule has 0 bridgehead atoms. The van der Waals surface area contributed by atoms with Gasteiger partial charge < -0.3 is 34.2 Å². The zero-order valence-corrected chi connectivity index (χ0v) is 23.6. The van der Waals surface area contributed by atoms with Gasteiger partial charge in [0.05, 0.1) is 45.8 Å². The second kappa shape index (κ2) is 13.0. The van der Waals surface area contributed by atoms with Crippen LogP contribution in [0.4, 0.5) is 10.9 Å². The fourth-order valence-electron chi connectivity index (χ4n) is 4.36. The summed E-state index contributed by atoms with van der Waals surface area (Å²) in [5, 5.41) is 25.1. The van der Waals surface area contributed by atoms with Gasteiger partial charge in [0.25, 0.3) is 5.91 Å². The molecule has 1 fully saturated rings. The first-order valence-electron chi connectivity index (χ1n) is 12.8. The number of benzene rings is 1. The van der Waals surface area contributed by atoms with Crippen molar-refractivity contribution in [3.8, 4) is 33.5 Å². The van der Waals surface area contributed by atoms with Gasteiger partial charge in [0.2, 0.25) is 16.0 Å². The molecule has 0 radical (unpaired) electrons. The monoisotopic (exact) mass is 599 g/mol. The number of rotatable bonds is 11. The first-order chi connectivity index (χ1) is 20.4. The lowest BCUT2D eigenvalue weighted by Gasteiger charge is -2.30. The number of methoxy groups -OCH3 is 2. The fraction of sp³-hybridized carbons (Fsp3) is 0.346. The number of nitrogens with one attached hydrogen (secondary N) is 1. The third kappa shape index (κ3) is 6.20. The predicted octanol–water partition coefficient (Wildman–Crippen LogP) is 1.27. The fourth-order valence-corrected chi connectivity index (χ4v) is 5.08. The van der Waals surface area contributed by atoms with Crippen LogP contribution in [-0.4, -0.2) is 95.7 Å². The molecule has 16 heteroatoms. The molecule has 222 valence electrons. The van der Waals surface area contributed by atoms with Crippen LogP contribution in [0.1, 0.15) is 10.6 Å². The van der Waals surface area contributed by atoms with Gasteiger partial charge in [-0.1, -0.05) is 17.4 Å². The molecule has 4 N–H and O–H groups in total. The van der Waals surface area contributed by atoms with E-state index in [0.29, 0.717) is 60.9 Å². The van der Waals surface area contributed by atoms with Crippen molar-refractivity contribution in [2.24, 2.45) is 0 Å². The Bertz CT molecular complexity index is 1580. The van der Waals surface area contributed by atoms with E-state index in [1.165, 1.54) is 31.2 Å². The van der Waals surface area contributed by atoms with Crippen molar-refractivity contribution in [3.63, 3.8) is 0 Å². The molecule has 1 amide bonds. The van der Waals surface area contributed by atoms with E-state index in [9.17, 15) is 14.7 Å². The van der Waals surface area contributed by atoms with Crippen molar-refractivity contribution in [3.05, 3.63) is 52.7 Å². The van der Waals surface area contributed by atoms with Gasteiger partial charge in [-0.3, -0.25) is 15.0 Å². The van der Waals surface area contributed by atoms with E-state index >= 15 is 0 Å². The number of aliphatic hydroxyl groups excluding tert-OH is 1. The SMILES string of the molecule is COc1cccc(OC)c1-c1cc(C(=O)Nc2nnc(-n3nccc3N)s2)oc(=O)c1O[C@@H](CO)CN1CCOCC1. The Kier molecular flexibility index (Phi) is 8.97. The Hall–Kier alpha value is -4.51. The number of carbonyl (C=O) groups is 1. The molecule has 1 aliphatic rings. The lowest BCUT2D eigenvalue weighted by Crippen LogP contribution is -2.44. The van der Waals surface area contributed by atoms with Gasteiger partial charge in [-0.05, 0) is 18.2 Å². The number of amides is 1. The molecule has 5 rings (SSSR count). The van der Waals surface area contributed by atoms with Crippen LogP contribution in [-0.2, 0) is 4.74 Å². The number of aliphatic hydroxyl groups is 1. The molecule has 3 aromatic heterocycles. The number of nitrogens with zero attached hydrogens (tertiary/aromatic N) is 5. The highest BCUT2D eigenvalue weighted by Gasteiger charge is 2.27. The van der Waals surface area contributed by atoms with E-state index < -0.39 is 17.6 Å². The predicted molar refractivity (Wildman–Crippen MR) is 152 cm³/mol. The van der Waals surface area contributed by atoms with Crippen molar-refractivity contribution in [1.29, 1.82) is 0 Å². The first-order valence-corrected chi connectivity index (χ1v) is 13.6. The van der Waals surface area contributed by atoms with E-state index in [4.69, 9.17) is 29.1 Å². The maximum absolute atomic E-state index is 13.4. The highest BCUT2D eigenvalue weighted by molar-refractivity contribution is 7.17. The average Bonchev–Trinajstić information content (AvgIpc) is 3.65. The van der Waals surface area contributed by atoms with Crippen LogP contribution >= 0.6 is 11.3 Å². The van der Waals surface area contributed by atoms with Gasteiger partial charge in [0.15, 0.2) is 5.76 Å². The van der Waals surface area contributed by atoms with Crippen LogP contribution < -0.4 is 30.9 Å². The average molecular weight is 600 g/mol. The van der Waals surface area contributed by atoms with E-state index in [-0.39, 0.29) is 28.8 Å². The van der Waals surface area contributed by atoms with Gasteiger partial charge in [-0.25, -0.2) is 4.79 Å². The maximum Gasteiger partial charge on any atom is 0.379 e. The number of hydrogen-bond donors (Lipinski definition) is 3. The smallest absolute Gasteiger partial charge is 0.379 e. The number of nitrogen functional groups attached to an aromatic ring is 1. The van der Waals surface area contributed by atoms with Gasteiger partial charge >= 0.3 is 5.63 Å². The molecular formula is C26H29N7O8S. The van der Waals surface area contributed by atoms with E-state index in [1.54, 1.807) is 24.3 Å². The number of carbonyl (C=O) groups excluding carboxylic acids is 1. The summed E-state index contributed by atoms with van der Waals surface area (Å²) >= 11 is 1.02. The molecule has 1 atom stereocenters. The van der Waals surface area contributed by atoms with Gasteiger partial charge in [0, 0.05) is 31.3 Å². The molecule has 4 heterocycles. The van der Waals surface area contributed by atoms with Crippen LogP contribution in [0.5, 0.6) is 17.2 Å². The topological polar surface area (TPSA) is 189 Å². The molecule has 0 unspecified atom stereocenters. The zero-order chi connectivity index (χ0) is 29.6. The molecule has 4 aromatic rings. The van der Waals surface area contributed by atoms with Crippen LogP contribution in [0.3, 0.4) is 0 Å². The molecule has 1 aliphatic heterocycles. The summed E-state index contributed by atoms with van der Waals surface area (Å²) in [4.78, 5) is 28.7. The number of ether oxygens (including phenoxy) is 4. The van der Waals surface area contributed by atoms with Gasteiger partial charge in [0.1, 0.15) is 23.4 Å². The van der Waals surface area contributed by atoms with Crippen LogP contribution in [0.25, 0.3) is 16.3 Å². The third-order valence-electron chi connectivity index (χ3n) is 6.37. The number of nitrogens with two attached hydrogens (primary N) is 1. The van der Waals surface area contributed by atoms with Crippen molar-refractivity contribution in [2.45, 2.75) is 6.10 Å². The zero-order valence-electron chi connectivity index (χ0n) is 22.8. The molecule has 0 spiro atoms. The Morgan fingerprint density at radius 3 is 2.57 bits per heavy atom. The minimum Gasteiger partial charge on any atom is -0.496 e. The summed E-state index contributed by atoms with van der Waals surface area (Å²) in [7, 11) is 2.93. The highest BCUT2D eigenvalue weighted by Crippen LogP contribution is 2.42. The second-order valence-electron chi connectivity index (χ2n) is 9.03. The molecule has 0 saturated carbocycles. The van der Waals surface area contributed by atoms with E-state index in [1.807, 2.05) is 0 Å². The van der Waals surface area contributed by atoms with Crippen molar-refractivity contribution < 1.29 is 33.3 Å². The summed E-state index contributed by atoms with van der Waals surface area (Å²) in [6.07, 6.45) is 0.725. The standard InChI is InChI=1S/C26H29N7O8S/c1-37-17-4-3-5-18(38-2)21(17)16-12-19(23(35)29-25-30-31-26(42-25)33-20(27)6-7-28-33)41-24(36)22(16)40-15(14-34)13-32-8-10-39-11-9-32/h3-7,12,15,34H,8-11,13-14,27H2,1-2H3,(H,29,30,35)/t15-/m1/s1. The summed E-state index contributed by atoms with van der Waals surface area (Å²) in [5.41, 5.74) is 5.46. The minimum absolute atomic E-state index is 0.121. The molecule has 1 aromatic carbocycles. The van der Waals surface area contributed by atoms with Crippen molar-refractivity contribution >= 4 is 28.2 Å². The van der Waals surface area contributed by atoms with Crippen LogP contribution in [0, 0.1) is 0 Å². The Balaban J connectivity index is 1.51. The first kappa shape index (κ1) is 29.0.